The summed E-state index contributed by atoms with van der Waals surface area (Å²) in [5.74, 6) is -2.78. The molecule has 0 amide bonds. The topological polar surface area (TPSA) is 105 Å². The second-order valence-electron chi connectivity index (χ2n) is 10.2. The molecule has 3 N–H and O–H groups in total. The Labute approximate surface area is 230 Å². The van der Waals surface area contributed by atoms with Crippen molar-refractivity contribution in [3.63, 3.8) is 0 Å². The molecule has 0 saturated carbocycles. The number of unbranched alkanes of at least 4 members (excludes halogenated alkanes) is 15. The molecule has 7 nitrogen and oxygen atoms in total. The Balaban J connectivity index is 3.02. The lowest BCUT2D eigenvalue weighted by Crippen LogP contribution is -2.11. The molecule has 0 aliphatic carbocycles. The van der Waals surface area contributed by atoms with Crippen molar-refractivity contribution >= 4 is 5.97 Å². The van der Waals surface area contributed by atoms with E-state index in [1.54, 1.807) is 0 Å². The Morgan fingerprint density at radius 3 is 1.24 bits per heavy atom. The van der Waals surface area contributed by atoms with Crippen molar-refractivity contribution in [3.8, 4) is 28.7 Å². The van der Waals surface area contributed by atoms with Gasteiger partial charge in [0.25, 0.3) is 0 Å². The summed E-state index contributed by atoms with van der Waals surface area (Å²) in [5.41, 5.74) is -0.488. The highest BCUT2D eigenvalue weighted by molar-refractivity contribution is 5.97. The average molecular weight is 539 g/mol. The van der Waals surface area contributed by atoms with Crippen LogP contribution in [0, 0.1) is 0 Å². The number of carboxylic acid groups (broad SMARTS) is 1. The Bertz CT molecular complexity index is 763. The van der Waals surface area contributed by atoms with Crippen LogP contribution in [0.25, 0.3) is 0 Å². The summed E-state index contributed by atoms with van der Waals surface area (Å²) < 4.78 is 17.9. The van der Waals surface area contributed by atoms with Crippen molar-refractivity contribution in [1.29, 1.82) is 0 Å². The molecular weight excluding hydrogens is 484 g/mol. The third kappa shape index (κ3) is 13.0. The van der Waals surface area contributed by atoms with E-state index in [0.717, 1.165) is 57.8 Å². The summed E-state index contributed by atoms with van der Waals surface area (Å²) in [6.45, 7) is 7.50. The number of aromatic hydroxyl groups is 2. The largest absolute Gasteiger partial charge is 0.503 e. The lowest BCUT2D eigenvalue weighted by molar-refractivity contribution is 0.0686. The minimum Gasteiger partial charge on any atom is -0.503 e. The molecule has 0 aliphatic heterocycles. The van der Waals surface area contributed by atoms with Crippen LogP contribution >= 0.6 is 0 Å². The van der Waals surface area contributed by atoms with E-state index < -0.39 is 23.0 Å². The predicted octanol–water partition coefficient (Wildman–Crippen LogP) is 9.01. The number of phenols is 2. The highest BCUT2D eigenvalue weighted by Crippen LogP contribution is 2.53. The quantitative estimate of drug-likeness (QED) is 0.0842. The molecular formula is C31H54O7. The summed E-state index contributed by atoms with van der Waals surface area (Å²) in [6, 6.07) is 0. The fourth-order valence-corrected chi connectivity index (χ4v) is 4.43. The number of aromatic carboxylic acids is 1. The fourth-order valence-electron chi connectivity index (χ4n) is 4.43. The molecule has 0 radical (unpaired) electrons. The molecule has 1 aromatic rings. The van der Waals surface area contributed by atoms with E-state index in [-0.39, 0.29) is 17.2 Å². The van der Waals surface area contributed by atoms with Crippen LogP contribution in [-0.4, -0.2) is 41.1 Å². The van der Waals surface area contributed by atoms with Crippen LogP contribution in [0.2, 0.25) is 0 Å². The van der Waals surface area contributed by atoms with Crippen LogP contribution in [0.15, 0.2) is 0 Å². The predicted molar refractivity (Wildman–Crippen MR) is 153 cm³/mol. The standard InChI is InChI=1S/C31H54O7/c1-4-7-10-13-16-19-22-36-28-25(31(34)35)26(32)27(33)29(37-23-20-17-14-11-8-5-2)30(28)38-24-21-18-15-12-9-6-3/h32-33H,4-24H2,1-3H3,(H,34,35). The molecule has 0 bridgehead atoms. The van der Waals surface area contributed by atoms with Crippen LogP contribution in [0.4, 0.5) is 0 Å². The van der Waals surface area contributed by atoms with E-state index in [0.29, 0.717) is 19.8 Å². The van der Waals surface area contributed by atoms with Gasteiger partial charge in [0.15, 0.2) is 17.1 Å². The number of benzene rings is 1. The number of ether oxygens (including phenoxy) is 3. The number of carbonyl (C=O) groups is 1. The third-order valence-corrected chi connectivity index (χ3v) is 6.76. The van der Waals surface area contributed by atoms with Gasteiger partial charge in [-0.15, -0.1) is 0 Å². The molecule has 38 heavy (non-hydrogen) atoms. The summed E-state index contributed by atoms with van der Waals surface area (Å²) in [4.78, 5) is 12.1. The first-order chi connectivity index (χ1) is 18.5. The van der Waals surface area contributed by atoms with Gasteiger partial charge in [0.1, 0.15) is 0 Å². The lowest BCUT2D eigenvalue weighted by atomic mass is 10.1. The highest BCUT2D eigenvalue weighted by atomic mass is 16.5. The van der Waals surface area contributed by atoms with Gasteiger partial charge in [-0.2, -0.15) is 0 Å². The van der Waals surface area contributed by atoms with Gasteiger partial charge in [0, 0.05) is 0 Å². The summed E-state index contributed by atoms with van der Waals surface area (Å²) >= 11 is 0. The highest BCUT2D eigenvalue weighted by Gasteiger charge is 2.31. The second kappa shape index (κ2) is 21.6. The molecule has 0 unspecified atom stereocenters. The fraction of sp³-hybridized carbons (Fsp3) is 0.774. The normalized spacial score (nSPS) is 11.0. The van der Waals surface area contributed by atoms with Gasteiger partial charge in [-0.3, -0.25) is 0 Å². The molecule has 0 saturated heterocycles. The maximum absolute atomic E-state index is 12.1. The van der Waals surface area contributed by atoms with E-state index in [9.17, 15) is 20.1 Å². The average Bonchev–Trinajstić information content (AvgIpc) is 2.90. The SMILES string of the molecule is CCCCCCCCOc1c(O)c(O)c(C(=O)O)c(OCCCCCCCC)c1OCCCCCCCC. The van der Waals surface area contributed by atoms with E-state index in [1.807, 2.05) is 0 Å². The molecule has 0 aliphatic rings. The summed E-state index contributed by atoms with van der Waals surface area (Å²) in [6.07, 6.45) is 19.3. The van der Waals surface area contributed by atoms with Crippen molar-refractivity contribution in [2.24, 2.45) is 0 Å². The van der Waals surface area contributed by atoms with Gasteiger partial charge < -0.3 is 29.5 Å². The zero-order chi connectivity index (χ0) is 28.0. The number of hydrogen-bond acceptors (Lipinski definition) is 6. The van der Waals surface area contributed by atoms with Crippen LogP contribution in [0.1, 0.15) is 147 Å². The zero-order valence-corrected chi connectivity index (χ0v) is 24.3. The number of rotatable bonds is 25. The maximum atomic E-state index is 12.1. The van der Waals surface area contributed by atoms with E-state index in [4.69, 9.17) is 14.2 Å². The van der Waals surface area contributed by atoms with Crippen LogP contribution < -0.4 is 14.2 Å². The zero-order valence-electron chi connectivity index (χ0n) is 24.3. The van der Waals surface area contributed by atoms with Gasteiger partial charge in [0.05, 0.1) is 19.8 Å². The first-order valence-electron chi connectivity index (χ1n) is 15.2. The summed E-state index contributed by atoms with van der Waals surface area (Å²) in [7, 11) is 0. The molecule has 1 aromatic carbocycles. The minimum absolute atomic E-state index is 0.0370. The molecule has 0 spiro atoms. The Kier molecular flexibility index (Phi) is 19.2. The van der Waals surface area contributed by atoms with Gasteiger partial charge in [-0.1, -0.05) is 117 Å². The smallest absolute Gasteiger partial charge is 0.343 e. The number of hydrogen-bond donors (Lipinski definition) is 3. The monoisotopic (exact) mass is 538 g/mol. The Morgan fingerprint density at radius 2 is 0.842 bits per heavy atom. The molecule has 0 atom stereocenters. The van der Waals surface area contributed by atoms with Crippen molar-refractivity contribution in [2.75, 3.05) is 19.8 Å². The van der Waals surface area contributed by atoms with Gasteiger partial charge in [0.2, 0.25) is 17.2 Å². The van der Waals surface area contributed by atoms with E-state index in [1.165, 1.54) is 57.8 Å². The van der Waals surface area contributed by atoms with Crippen molar-refractivity contribution in [1.82, 2.24) is 0 Å². The molecule has 7 heteroatoms. The maximum Gasteiger partial charge on any atom is 0.343 e. The van der Waals surface area contributed by atoms with Crippen LogP contribution in [-0.2, 0) is 0 Å². The third-order valence-electron chi connectivity index (χ3n) is 6.76. The van der Waals surface area contributed by atoms with Gasteiger partial charge in [-0.25, -0.2) is 4.79 Å². The van der Waals surface area contributed by atoms with Crippen LogP contribution in [0.3, 0.4) is 0 Å². The first kappa shape index (κ1) is 33.7. The van der Waals surface area contributed by atoms with Crippen molar-refractivity contribution in [2.45, 2.75) is 136 Å². The molecule has 0 fully saturated rings. The Hall–Kier alpha value is -2.31. The van der Waals surface area contributed by atoms with E-state index in [2.05, 4.69) is 20.8 Å². The second-order valence-corrected chi connectivity index (χ2v) is 10.2. The van der Waals surface area contributed by atoms with Crippen LogP contribution in [0.5, 0.6) is 28.7 Å². The minimum atomic E-state index is -1.39. The summed E-state index contributed by atoms with van der Waals surface area (Å²) in [5, 5.41) is 31.2. The number of carboxylic acids is 1. The van der Waals surface area contributed by atoms with Crippen molar-refractivity contribution in [3.05, 3.63) is 5.56 Å². The molecule has 0 aromatic heterocycles. The molecule has 0 heterocycles. The van der Waals surface area contributed by atoms with Gasteiger partial charge in [-0.05, 0) is 19.3 Å². The first-order valence-corrected chi connectivity index (χ1v) is 15.2. The lowest BCUT2D eigenvalue weighted by Gasteiger charge is -2.21. The molecule has 1 rings (SSSR count). The van der Waals surface area contributed by atoms with Gasteiger partial charge >= 0.3 is 5.97 Å². The van der Waals surface area contributed by atoms with E-state index >= 15 is 0 Å². The molecule has 220 valence electrons. The number of phenolic OH excluding ortho intramolecular Hbond substituents is 1. The van der Waals surface area contributed by atoms with Crippen molar-refractivity contribution < 1.29 is 34.3 Å². The Morgan fingerprint density at radius 1 is 0.500 bits per heavy atom.